The van der Waals surface area contributed by atoms with E-state index in [1.807, 2.05) is 27.7 Å². The van der Waals surface area contributed by atoms with Crippen molar-refractivity contribution in [3.63, 3.8) is 0 Å². The van der Waals surface area contributed by atoms with Gasteiger partial charge in [-0.1, -0.05) is 27.7 Å². The van der Waals surface area contributed by atoms with Crippen molar-refractivity contribution in [2.75, 3.05) is 0 Å². The van der Waals surface area contributed by atoms with Crippen LogP contribution in [0.1, 0.15) is 47.0 Å². The van der Waals surface area contributed by atoms with Gasteiger partial charge in [0, 0.05) is 12.0 Å². The van der Waals surface area contributed by atoms with E-state index >= 15 is 0 Å². The summed E-state index contributed by atoms with van der Waals surface area (Å²) in [6.07, 6.45) is 2.02. The van der Waals surface area contributed by atoms with Crippen LogP contribution < -0.4 is 5.32 Å². The topological polar surface area (TPSA) is 66.4 Å². The maximum absolute atomic E-state index is 12.0. The molecule has 4 heteroatoms. The smallest absolute Gasteiger partial charge is 0.306 e. The van der Waals surface area contributed by atoms with Crippen molar-refractivity contribution in [2.24, 2.45) is 17.3 Å². The fraction of sp³-hybridized carbons (Fsp3) is 0.846. The van der Waals surface area contributed by atoms with Crippen molar-refractivity contribution in [2.45, 2.75) is 53.0 Å². The molecule has 1 saturated carbocycles. The van der Waals surface area contributed by atoms with Gasteiger partial charge in [-0.05, 0) is 24.7 Å². The highest BCUT2D eigenvalue weighted by Crippen LogP contribution is 2.28. The van der Waals surface area contributed by atoms with E-state index in [9.17, 15) is 9.59 Å². The summed E-state index contributed by atoms with van der Waals surface area (Å²) >= 11 is 0. The zero-order chi connectivity index (χ0) is 13.2. The van der Waals surface area contributed by atoms with Crippen molar-refractivity contribution in [3.05, 3.63) is 0 Å². The van der Waals surface area contributed by atoms with Crippen LogP contribution in [-0.2, 0) is 9.59 Å². The van der Waals surface area contributed by atoms with Crippen LogP contribution in [0, 0.1) is 17.3 Å². The van der Waals surface area contributed by atoms with E-state index in [4.69, 9.17) is 5.11 Å². The van der Waals surface area contributed by atoms with Crippen LogP contribution in [0.3, 0.4) is 0 Å². The van der Waals surface area contributed by atoms with Crippen LogP contribution in [0.15, 0.2) is 0 Å². The molecular weight excluding hydrogens is 218 g/mol. The Morgan fingerprint density at radius 1 is 1.29 bits per heavy atom. The molecular formula is C13H23NO3. The predicted molar refractivity (Wildman–Crippen MR) is 65.5 cm³/mol. The van der Waals surface area contributed by atoms with E-state index < -0.39 is 5.97 Å². The van der Waals surface area contributed by atoms with Gasteiger partial charge >= 0.3 is 5.97 Å². The van der Waals surface area contributed by atoms with Crippen molar-refractivity contribution in [3.8, 4) is 0 Å². The molecule has 0 aromatic rings. The molecule has 0 spiro atoms. The fourth-order valence-electron chi connectivity index (χ4n) is 2.06. The van der Waals surface area contributed by atoms with Gasteiger partial charge < -0.3 is 10.4 Å². The van der Waals surface area contributed by atoms with E-state index in [0.717, 1.165) is 6.42 Å². The monoisotopic (exact) mass is 241 g/mol. The van der Waals surface area contributed by atoms with Crippen molar-refractivity contribution < 1.29 is 14.7 Å². The minimum Gasteiger partial charge on any atom is -0.481 e. The third-order valence-corrected chi connectivity index (χ3v) is 3.82. The molecule has 1 rings (SSSR count). The first-order valence-electron chi connectivity index (χ1n) is 6.25. The maximum Gasteiger partial charge on any atom is 0.306 e. The van der Waals surface area contributed by atoms with Crippen molar-refractivity contribution in [1.82, 2.24) is 5.32 Å². The molecule has 1 fully saturated rings. The molecule has 1 unspecified atom stereocenters. The lowest BCUT2D eigenvalue weighted by molar-refractivity contribution is -0.141. The van der Waals surface area contributed by atoms with E-state index in [1.165, 1.54) is 0 Å². The van der Waals surface area contributed by atoms with Crippen LogP contribution in [0.2, 0.25) is 0 Å². The summed E-state index contributed by atoms with van der Waals surface area (Å²) in [6, 6.07) is 0.0356. The molecule has 0 saturated heterocycles. The number of nitrogens with one attached hydrogen (secondary N) is 1. The normalized spacial score (nSPS) is 26.6. The lowest BCUT2D eigenvalue weighted by atomic mass is 9.81. The Kier molecular flexibility index (Phi) is 4.17. The summed E-state index contributed by atoms with van der Waals surface area (Å²) in [5.74, 6) is -1.06. The number of carbonyl (C=O) groups excluding carboxylic acids is 1. The molecule has 2 N–H and O–H groups in total. The molecule has 0 heterocycles. The molecule has 1 amide bonds. The molecule has 17 heavy (non-hydrogen) atoms. The quantitative estimate of drug-likeness (QED) is 0.794. The summed E-state index contributed by atoms with van der Waals surface area (Å²) in [5, 5.41) is 11.9. The van der Waals surface area contributed by atoms with E-state index in [1.54, 1.807) is 0 Å². The molecule has 3 atom stereocenters. The highest BCUT2D eigenvalue weighted by Gasteiger charge is 2.33. The van der Waals surface area contributed by atoms with Crippen LogP contribution >= 0.6 is 0 Å². The van der Waals surface area contributed by atoms with Crippen LogP contribution in [0.5, 0.6) is 0 Å². The Morgan fingerprint density at radius 2 is 1.88 bits per heavy atom. The molecule has 0 radical (unpaired) electrons. The summed E-state index contributed by atoms with van der Waals surface area (Å²) in [4.78, 5) is 22.8. The average Bonchev–Trinajstić information content (AvgIpc) is 2.63. The van der Waals surface area contributed by atoms with Crippen molar-refractivity contribution >= 4 is 11.9 Å². The molecule has 0 aromatic heterocycles. The fourth-order valence-corrected chi connectivity index (χ4v) is 2.06. The Labute approximate surface area is 103 Å². The average molecular weight is 241 g/mol. The van der Waals surface area contributed by atoms with E-state index in [-0.39, 0.29) is 29.2 Å². The SMILES string of the molecule is CC(C(=O)N[C@H]1CC[C@@H](C(=O)O)C1)C(C)(C)C. The Bertz CT molecular complexity index is 306. The summed E-state index contributed by atoms with van der Waals surface area (Å²) in [6.45, 7) is 8.02. The first-order valence-corrected chi connectivity index (χ1v) is 6.25. The number of amides is 1. The zero-order valence-electron chi connectivity index (χ0n) is 11.1. The van der Waals surface area contributed by atoms with Gasteiger partial charge in [-0.25, -0.2) is 0 Å². The molecule has 1 aliphatic carbocycles. The maximum atomic E-state index is 12.0. The molecule has 98 valence electrons. The Morgan fingerprint density at radius 3 is 2.29 bits per heavy atom. The van der Waals surface area contributed by atoms with Gasteiger partial charge in [-0.3, -0.25) is 9.59 Å². The number of aliphatic carboxylic acids is 1. The minimum atomic E-state index is -0.745. The second-order valence-corrected chi connectivity index (χ2v) is 6.14. The number of carbonyl (C=O) groups is 2. The van der Waals surface area contributed by atoms with Gasteiger partial charge in [0.05, 0.1) is 5.92 Å². The zero-order valence-corrected chi connectivity index (χ0v) is 11.1. The van der Waals surface area contributed by atoms with Crippen LogP contribution in [0.25, 0.3) is 0 Å². The van der Waals surface area contributed by atoms with Gasteiger partial charge in [0.1, 0.15) is 0 Å². The van der Waals surface area contributed by atoms with Gasteiger partial charge in [0.15, 0.2) is 0 Å². The summed E-state index contributed by atoms with van der Waals surface area (Å²) < 4.78 is 0. The number of rotatable bonds is 3. The van der Waals surface area contributed by atoms with Crippen LogP contribution in [-0.4, -0.2) is 23.0 Å². The number of hydrogen-bond donors (Lipinski definition) is 2. The van der Waals surface area contributed by atoms with Gasteiger partial charge in [-0.2, -0.15) is 0 Å². The number of hydrogen-bond acceptors (Lipinski definition) is 2. The lowest BCUT2D eigenvalue weighted by Gasteiger charge is -2.27. The first-order chi connectivity index (χ1) is 7.71. The molecule has 1 aliphatic rings. The summed E-state index contributed by atoms with van der Waals surface area (Å²) in [5.41, 5.74) is -0.0606. The van der Waals surface area contributed by atoms with E-state index in [0.29, 0.717) is 12.8 Å². The third-order valence-electron chi connectivity index (χ3n) is 3.82. The van der Waals surface area contributed by atoms with Crippen LogP contribution in [0.4, 0.5) is 0 Å². The molecule has 0 aromatic carbocycles. The lowest BCUT2D eigenvalue weighted by Crippen LogP contribution is -2.41. The second kappa shape index (κ2) is 5.07. The first kappa shape index (κ1) is 14.0. The number of carboxylic acids is 1. The third kappa shape index (κ3) is 3.72. The number of carboxylic acid groups (broad SMARTS) is 1. The van der Waals surface area contributed by atoms with Gasteiger partial charge in [0.25, 0.3) is 0 Å². The molecule has 0 aliphatic heterocycles. The van der Waals surface area contributed by atoms with Gasteiger partial charge in [0.2, 0.25) is 5.91 Å². The standard InChI is InChI=1S/C13H23NO3/c1-8(13(2,3)4)11(15)14-10-6-5-9(7-10)12(16)17/h8-10H,5-7H2,1-4H3,(H,14,15)(H,16,17)/t8?,9-,10+/m1/s1. The van der Waals surface area contributed by atoms with Crippen molar-refractivity contribution in [1.29, 1.82) is 0 Å². The highest BCUT2D eigenvalue weighted by molar-refractivity contribution is 5.79. The predicted octanol–water partition coefficient (Wildman–Crippen LogP) is 2.04. The largest absolute Gasteiger partial charge is 0.481 e. The molecule has 0 bridgehead atoms. The van der Waals surface area contributed by atoms with Gasteiger partial charge in [-0.15, -0.1) is 0 Å². The minimum absolute atomic E-state index is 0.0356. The Hall–Kier alpha value is -1.06. The van der Waals surface area contributed by atoms with E-state index in [2.05, 4.69) is 5.32 Å². The molecule has 4 nitrogen and oxygen atoms in total. The Balaban J connectivity index is 2.46. The summed E-state index contributed by atoms with van der Waals surface area (Å²) in [7, 11) is 0. The second-order valence-electron chi connectivity index (χ2n) is 6.14. The highest BCUT2D eigenvalue weighted by atomic mass is 16.4.